The van der Waals surface area contributed by atoms with Gasteiger partial charge in [-0.3, -0.25) is 0 Å². The molecule has 0 radical (unpaired) electrons. The van der Waals surface area contributed by atoms with Gasteiger partial charge in [0, 0.05) is 44.5 Å². The van der Waals surface area contributed by atoms with Crippen LogP contribution in [0.4, 0.5) is 11.4 Å². The van der Waals surface area contributed by atoms with Crippen LogP contribution in [0.15, 0.2) is 60.2 Å². The van der Waals surface area contributed by atoms with Gasteiger partial charge in [-0.05, 0) is 62.5 Å². The second kappa shape index (κ2) is 10.7. The number of nitriles is 1. The van der Waals surface area contributed by atoms with E-state index < -0.39 is 0 Å². The molecule has 2 aromatic carbocycles. The highest BCUT2D eigenvalue weighted by Gasteiger charge is 2.33. The van der Waals surface area contributed by atoms with Gasteiger partial charge in [0.2, 0.25) is 0 Å². The molecule has 2 heterocycles. The molecular formula is C28H35N7. The zero-order chi connectivity index (χ0) is 24.9. The maximum Gasteiger partial charge on any atom is 0.124 e. The Morgan fingerprint density at radius 3 is 2.40 bits per heavy atom. The minimum Gasteiger partial charge on any atom is -0.386 e. The number of hydrogen-bond donors (Lipinski definition) is 2. The van der Waals surface area contributed by atoms with Crippen LogP contribution in [-0.2, 0) is 0 Å². The predicted molar refractivity (Wildman–Crippen MR) is 146 cm³/mol. The molecule has 35 heavy (non-hydrogen) atoms. The predicted octanol–water partition coefficient (Wildman–Crippen LogP) is 4.35. The summed E-state index contributed by atoms with van der Waals surface area (Å²) in [7, 11) is 4.10. The van der Waals surface area contributed by atoms with Crippen molar-refractivity contribution in [1.82, 2.24) is 14.7 Å². The third-order valence-corrected chi connectivity index (χ3v) is 6.96. The molecule has 182 valence electrons. The molecular weight excluding hydrogens is 434 g/mol. The number of anilines is 2. The number of allylic oxidation sites excluding steroid dienone is 1. The second-order valence-electron chi connectivity index (χ2n) is 9.12. The number of aliphatic imine (C=N–C) groups is 1. The number of amidine groups is 1. The summed E-state index contributed by atoms with van der Waals surface area (Å²) in [5, 5.41) is 15.8. The first-order valence-corrected chi connectivity index (χ1v) is 12.1. The number of rotatable bonds is 6. The number of nitrogens with one attached hydrogen (secondary N) is 2. The largest absolute Gasteiger partial charge is 0.386 e. The van der Waals surface area contributed by atoms with Crippen LogP contribution in [0.5, 0.6) is 0 Å². The normalized spacial score (nSPS) is 19.1. The molecule has 2 aliphatic rings. The van der Waals surface area contributed by atoms with E-state index >= 15 is 0 Å². The third kappa shape index (κ3) is 5.03. The van der Waals surface area contributed by atoms with Crippen molar-refractivity contribution in [3.63, 3.8) is 0 Å². The summed E-state index contributed by atoms with van der Waals surface area (Å²) in [6.07, 6.45) is 1.69. The summed E-state index contributed by atoms with van der Waals surface area (Å²) in [4.78, 5) is 12.2. The van der Waals surface area contributed by atoms with E-state index in [9.17, 15) is 5.26 Å². The molecule has 7 heteroatoms. The van der Waals surface area contributed by atoms with Crippen molar-refractivity contribution in [1.29, 1.82) is 5.26 Å². The maximum atomic E-state index is 9.25. The minimum atomic E-state index is 0.158. The smallest absolute Gasteiger partial charge is 0.124 e. The fraction of sp³-hybridized carbons (Fsp3) is 0.357. The summed E-state index contributed by atoms with van der Waals surface area (Å²) < 4.78 is 0. The summed E-state index contributed by atoms with van der Waals surface area (Å²) in [5.41, 5.74) is 7.16. The topological polar surface area (TPSA) is 69.9 Å². The standard InChI is InChI=1S/C28H35N7/c1-6-31-25-12-11-24(17-26(25)30-4)27(20(2)23-9-7-22(18-29)8-10-23)35-19-32-28(21(35)3)34-15-13-33(5)14-16-34/h6-12,17,21,30-31H,1,13-16,19H2,2-5H3/b27-20+. The van der Waals surface area contributed by atoms with Crippen LogP contribution in [0.25, 0.3) is 11.3 Å². The summed E-state index contributed by atoms with van der Waals surface area (Å²) in [5.74, 6) is 1.17. The zero-order valence-electron chi connectivity index (χ0n) is 21.2. The molecule has 2 N–H and O–H groups in total. The molecule has 2 aliphatic heterocycles. The molecule has 7 nitrogen and oxygen atoms in total. The lowest BCUT2D eigenvalue weighted by molar-refractivity contribution is 0.210. The Morgan fingerprint density at radius 1 is 1.09 bits per heavy atom. The molecule has 2 aromatic rings. The van der Waals surface area contributed by atoms with Gasteiger partial charge in [0.25, 0.3) is 0 Å². The van der Waals surface area contributed by atoms with Crippen molar-refractivity contribution in [2.75, 3.05) is 57.6 Å². The van der Waals surface area contributed by atoms with Gasteiger partial charge in [-0.25, -0.2) is 4.99 Å². The molecule has 0 bridgehead atoms. The average molecular weight is 470 g/mol. The van der Waals surface area contributed by atoms with Gasteiger partial charge in [0.05, 0.1) is 29.0 Å². The second-order valence-corrected chi connectivity index (χ2v) is 9.12. The van der Waals surface area contributed by atoms with E-state index in [4.69, 9.17) is 4.99 Å². The van der Waals surface area contributed by atoms with Crippen LogP contribution >= 0.6 is 0 Å². The molecule has 0 aromatic heterocycles. The first-order chi connectivity index (χ1) is 17.0. The first-order valence-electron chi connectivity index (χ1n) is 12.1. The fourth-order valence-electron chi connectivity index (χ4n) is 4.87. The van der Waals surface area contributed by atoms with E-state index in [1.54, 1.807) is 6.20 Å². The van der Waals surface area contributed by atoms with Gasteiger partial charge in [-0.2, -0.15) is 5.26 Å². The maximum absolute atomic E-state index is 9.25. The van der Waals surface area contributed by atoms with Crippen molar-refractivity contribution < 1.29 is 0 Å². The lowest BCUT2D eigenvalue weighted by atomic mass is 9.97. The van der Waals surface area contributed by atoms with Crippen molar-refractivity contribution >= 4 is 28.5 Å². The van der Waals surface area contributed by atoms with Crippen molar-refractivity contribution in [2.24, 2.45) is 4.99 Å². The Kier molecular flexibility index (Phi) is 7.42. The Morgan fingerprint density at radius 2 is 1.77 bits per heavy atom. The monoisotopic (exact) mass is 469 g/mol. The van der Waals surface area contributed by atoms with E-state index in [1.165, 1.54) is 5.84 Å². The van der Waals surface area contributed by atoms with Gasteiger partial charge in [-0.1, -0.05) is 24.8 Å². The van der Waals surface area contributed by atoms with Gasteiger partial charge >= 0.3 is 0 Å². The Balaban J connectivity index is 1.75. The lowest BCUT2D eigenvalue weighted by Crippen LogP contribution is -2.50. The Labute approximate surface area is 209 Å². The summed E-state index contributed by atoms with van der Waals surface area (Å²) in [6, 6.07) is 16.6. The molecule has 0 saturated carbocycles. The zero-order valence-corrected chi connectivity index (χ0v) is 21.2. The van der Waals surface area contributed by atoms with Crippen molar-refractivity contribution in [3.8, 4) is 6.07 Å². The molecule has 0 spiro atoms. The molecule has 1 unspecified atom stereocenters. The van der Waals surface area contributed by atoms with Crippen LogP contribution in [0.2, 0.25) is 0 Å². The van der Waals surface area contributed by atoms with Crippen molar-refractivity contribution in [2.45, 2.75) is 19.9 Å². The third-order valence-electron chi connectivity index (χ3n) is 6.96. The minimum absolute atomic E-state index is 0.158. The van der Waals surface area contributed by atoms with E-state index in [1.807, 2.05) is 31.3 Å². The Bertz CT molecular complexity index is 1160. The molecule has 0 amide bonds. The summed E-state index contributed by atoms with van der Waals surface area (Å²) in [6.45, 7) is 13.0. The van der Waals surface area contributed by atoms with E-state index in [0.29, 0.717) is 12.2 Å². The number of piperazine rings is 1. The number of benzene rings is 2. The quantitative estimate of drug-likeness (QED) is 0.613. The van der Waals surface area contributed by atoms with Crippen LogP contribution in [0.3, 0.4) is 0 Å². The van der Waals surface area contributed by atoms with Crippen LogP contribution in [0, 0.1) is 11.3 Å². The van der Waals surface area contributed by atoms with E-state index in [-0.39, 0.29) is 6.04 Å². The SMILES string of the molecule is C=CNc1ccc(/C(=C(/C)c2ccc(C#N)cc2)N2CN=C(N3CCN(C)CC3)C2C)cc1NC. The lowest BCUT2D eigenvalue weighted by Gasteiger charge is -2.37. The van der Waals surface area contributed by atoms with Crippen LogP contribution < -0.4 is 10.6 Å². The van der Waals surface area contributed by atoms with Gasteiger partial charge in [0.15, 0.2) is 0 Å². The summed E-state index contributed by atoms with van der Waals surface area (Å²) >= 11 is 0. The van der Waals surface area contributed by atoms with E-state index in [2.05, 4.69) is 77.1 Å². The molecule has 4 rings (SSSR count). The molecule has 0 aliphatic carbocycles. The Hall–Kier alpha value is -3.76. The molecule has 1 fully saturated rings. The fourth-order valence-corrected chi connectivity index (χ4v) is 4.87. The molecule has 1 saturated heterocycles. The number of likely N-dealkylation sites (N-methyl/N-ethyl adjacent to an activating group) is 1. The van der Waals surface area contributed by atoms with Gasteiger partial charge in [-0.15, -0.1) is 0 Å². The van der Waals surface area contributed by atoms with Crippen LogP contribution in [-0.4, -0.2) is 73.5 Å². The highest BCUT2D eigenvalue weighted by Crippen LogP contribution is 2.36. The van der Waals surface area contributed by atoms with Gasteiger partial charge in [0.1, 0.15) is 12.5 Å². The van der Waals surface area contributed by atoms with Crippen LogP contribution in [0.1, 0.15) is 30.5 Å². The van der Waals surface area contributed by atoms with Crippen molar-refractivity contribution in [3.05, 3.63) is 71.9 Å². The van der Waals surface area contributed by atoms with E-state index in [0.717, 1.165) is 60.0 Å². The highest BCUT2D eigenvalue weighted by molar-refractivity contribution is 5.96. The highest BCUT2D eigenvalue weighted by atomic mass is 15.4. The number of hydrogen-bond acceptors (Lipinski definition) is 7. The molecule has 1 atom stereocenters. The first kappa shape index (κ1) is 24.4. The number of nitrogens with zero attached hydrogens (tertiary/aromatic N) is 5. The average Bonchev–Trinajstić information content (AvgIpc) is 3.26. The van der Waals surface area contributed by atoms with Gasteiger partial charge < -0.3 is 25.3 Å².